The number of ether oxygens (including phenoxy) is 1. The maximum atomic E-state index is 11.8. The Morgan fingerprint density at radius 1 is 1.39 bits per heavy atom. The summed E-state index contributed by atoms with van der Waals surface area (Å²) >= 11 is 0. The van der Waals surface area contributed by atoms with Gasteiger partial charge in [-0.3, -0.25) is 9.10 Å². The molecule has 2 rings (SSSR count). The molecule has 8 heteroatoms. The molecule has 0 spiro atoms. The van der Waals surface area contributed by atoms with Crippen LogP contribution in [-0.4, -0.2) is 56.2 Å². The van der Waals surface area contributed by atoms with Crippen molar-refractivity contribution in [3.63, 3.8) is 0 Å². The van der Waals surface area contributed by atoms with Gasteiger partial charge in [0.2, 0.25) is 21.8 Å². The average molecular weight is 341 g/mol. The number of carbonyl (C=O) groups is 1. The summed E-state index contributed by atoms with van der Waals surface area (Å²) < 4.78 is 30.7. The van der Waals surface area contributed by atoms with Gasteiger partial charge in [0.05, 0.1) is 17.6 Å². The highest BCUT2D eigenvalue weighted by Crippen LogP contribution is 2.21. The van der Waals surface area contributed by atoms with Gasteiger partial charge in [0.25, 0.3) is 0 Å². The van der Waals surface area contributed by atoms with E-state index in [1.54, 1.807) is 30.9 Å². The van der Waals surface area contributed by atoms with E-state index in [0.29, 0.717) is 24.7 Å². The fraction of sp³-hybridized carbons (Fsp3) is 0.600. The summed E-state index contributed by atoms with van der Waals surface area (Å²) in [7, 11) is -1.78. The number of amides is 1. The van der Waals surface area contributed by atoms with E-state index < -0.39 is 10.0 Å². The Morgan fingerprint density at radius 3 is 2.52 bits per heavy atom. The van der Waals surface area contributed by atoms with Gasteiger partial charge in [-0.2, -0.15) is 0 Å². The Kier molecular flexibility index (Phi) is 5.46. The molecule has 0 N–H and O–H groups in total. The number of pyridine rings is 1. The lowest BCUT2D eigenvalue weighted by molar-refractivity contribution is -0.130. The van der Waals surface area contributed by atoms with Gasteiger partial charge in [-0.1, -0.05) is 0 Å². The second-order valence-electron chi connectivity index (χ2n) is 5.55. The summed E-state index contributed by atoms with van der Waals surface area (Å²) in [4.78, 5) is 17.3. The highest BCUT2D eigenvalue weighted by Gasteiger charge is 2.22. The predicted molar refractivity (Wildman–Crippen MR) is 88.0 cm³/mol. The first-order chi connectivity index (χ1) is 10.8. The van der Waals surface area contributed by atoms with Gasteiger partial charge >= 0.3 is 0 Å². The van der Waals surface area contributed by atoms with Crippen molar-refractivity contribution >= 4 is 21.6 Å². The molecule has 0 saturated carbocycles. The van der Waals surface area contributed by atoms with Crippen molar-refractivity contribution in [2.45, 2.75) is 32.8 Å². The van der Waals surface area contributed by atoms with E-state index in [9.17, 15) is 13.2 Å². The van der Waals surface area contributed by atoms with Crippen LogP contribution in [0.15, 0.2) is 18.3 Å². The molecule has 0 radical (unpaired) electrons. The molecular weight excluding hydrogens is 318 g/mol. The maximum Gasteiger partial charge on any atom is 0.234 e. The average Bonchev–Trinajstić information content (AvgIpc) is 2.55. The first-order valence-corrected chi connectivity index (χ1v) is 9.29. The van der Waals surface area contributed by atoms with E-state index >= 15 is 0 Å². The number of rotatable bonds is 5. The monoisotopic (exact) mass is 341 g/mol. The first-order valence-electron chi connectivity index (χ1n) is 7.68. The molecule has 0 bridgehead atoms. The van der Waals surface area contributed by atoms with E-state index in [2.05, 4.69) is 4.98 Å². The minimum absolute atomic E-state index is 0.0288. The van der Waals surface area contributed by atoms with Crippen LogP contribution >= 0.6 is 0 Å². The SMILES string of the molecule is CCS(=O)(=O)N(C)c1ccc(OC2CCN(C(C)=O)CC2)nc1. The Morgan fingerprint density at radius 2 is 2.04 bits per heavy atom. The topological polar surface area (TPSA) is 79.8 Å². The summed E-state index contributed by atoms with van der Waals surface area (Å²) in [6.45, 7) is 4.55. The molecule has 128 valence electrons. The lowest BCUT2D eigenvalue weighted by Crippen LogP contribution is -2.40. The van der Waals surface area contributed by atoms with Crippen molar-refractivity contribution in [3.8, 4) is 5.88 Å². The summed E-state index contributed by atoms with van der Waals surface area (Å²) in [5.74, 6) is 0.597. The molecule has 7 nitrogen and oxygen atoms in total. The number of nitrogens with zero attached hydrogens (tertiary/aromatic N) is 3. The van der Waals surface area contributed by atoms with Crippen LogP contribution in [0.4, 0.5) is 5.69 Å². The van der Waals surface area contributed by atoms with Gasteiger partial charge in [0.15, 0.2) is 0 Å². The summed E-state index contributed by atoms with van der Waals surface area (Å²) in [6.07, 6.45) is 3.06. The summed E-state index contributed by atoms with van der Waals surface area (Å²) in [5, 5.41) is 0. The van der Waals surface area contributed by atoms with Crippen molar-refractivity contribution in [3.05, 3.63) is 18.3 Å². The van der Waals surface area contributed by atoms with E-state index in [-0.39, 0.29) is 17.8 Å². The Labute approximate surface area is 137 Å². The van der Waals surface area contributed by atoms with Crippen molar-refractivity contribution < 1.29 is 17.9 Å². The van der Waals surface area contributed by atoms with Gasteiger partial charge in [0.1, 0.15) is 6.10 Å². The van der Waals surface area contributed by atoms with Crippen LogP contribution in [0.1, 0.15) is 26.7 Å². The number of hydrogen-bond acceptors (Lipinski definition) is 5. The van der Waals surface area contributed by atoms with E-state index in [0.717, 1.165) is 12.8 Å². The molecule has 2 heterocycles. The minimum atomic E-state index is -3.29. The minimum Gasteiger partial charge on any atom is -0.474 e. The Bertz CT molecular complexity index is 637. The second kappa shape index (κ2) is 7.16. The zero-order chi connectivity index (χ0) is 17.0. The van der Waals surface area contributed by atoms with Crippen LogP contribution in [0.2, 0.25) is 0 Å². The number of piperidine rings is 1. The van der Waals surface area contributed by atoms with Crippen molar-refractivity contribution in [1.82, 2.24) is 9.88 Å². The predicted octanol–water partition coefficient (Wildman–Crippen LogP) is 1.26. The van der Waals surface area contributed by atoms with Crippen LogP contribution in [-0.2, 0) is 14.8 Å². The molecule has 1 aromatic heterocycles. The zero-order valence-corrected chi connectivity index (χ0v) is 14.5. The normalized spacial score (nSPS) is 16.2. The molecule has 0 unspecified atom stereocenters. The number of hydrogen-bond donors (Lipinski definition) is 0. The van der Waals surface area contributed by atoms with Crippen molar-refractivity contribution in [2.24, 2.45) is 0 Å². The number of likely N-dealkylation sites (tertiary alicyclic amines) is 1. The van der Waals surface area contributed by atoms with Gasteiger partial charge in [-0.15, -0.1) is 0 Å². The van der Waals surface area contributed by atoms with Gasteiger partial charge in [0, 0.05) is 46.0 Å². The summed E-state index contributed by atoms with van der Waals surface area (Å²) in [5.41, 5.74) is 0.505. The molecule has 1 amide bonds. The third-order valence-electron chi connectivity index (χ3n) is 4.04. The molecule has 23 heavy (non-hydrogen) atoms. The fourth-order valence-corrected chi connectivity index (χ4v) is 3.26. The summed E-state index contributed by atoms with van der Waals surface area (Å²) in [6, 6.07) is 3.36. The van der Waals surface area contributed by atoms with Gasteiger partial charge < -0.3 is 9.64 Å². The van der Waals surface area contributed by atoms with Crippen LogP contribution in [0.25, 0.3) is 0 Å². The number of aromatic nitrogens is 1. The van der Waals surface area contributed by atoms with Crippen molar-refractivity contribution in [1.29, 1.82) is 0 Å². The standard InChI is InChI=1S/C15H23N3O4S/c1-4-23(20,21)17(3)13-5-6-15(16-11-13)22-14-7-9-18(10-8-14)12(2)19/h5-6,11,14H,4,7-10H2,1-3H3. The molecule has 1 saturated heterocycles. The lowest BCUT2D eigenvalue weighted by Gasteiger charge is -2.31. The Balaban J connectivity index is 1.95. The third-order valence-corrected chi connectivity index (χ3v) is 5.82. The largest absolute Gasteiger partial charge is 0.474 e. The zero-order valence-electron chi connectivity index (χ0n) is 13.7. The molecule has 0 aliphatic carbocycles. The highest BCUT2D eigenvalue weighted by molar-refractivity contribution is 7.92. The Hall–Kier alpha value is -1.83. The lowest BCUT2D eigenvalue weighted by atomic mass is 10.1. The number of anilines is 1. The van der Waals surface area contributed by atoms with Crippen LogP contribution in [0.5, 0.6) is 5.88 Å². The van der Waals surface area contributed by atoms with E-state index in [1.807, 2.05) is 0 Å². The first kappa shape index (κ1) is 17.5. The smallest absolute Gasteiger partial charge is 0.234 e. The van der Waals surface area contributed by atoms with Gasteiger partial charge in [-0.25, -0.2) is 13.4 Å². The highest BCUT2D eigenvalue weighted by atomic mass is 32.2. The van der Waals surface area contributed by atoms with Gasteiger partial charge in [-0.05, 0) is 13.0 Å². The molecule has 0 aromatic carbocycles. The molecule has 1 aliphatic heterocycles. The fourth-order valence-electron chi connectivity index (χ4n) is 2.44. The molecule has 0 atom stereocenters. The third kappa shape index (κ3) is 4.34. The molecular formula is C15H23N3O4S. The van der Waals surface area contributed by atoms with Crippen LogP contribution in [0.3, 0.4) is 0 Å². The molecule has 1 aliphatic rings. The quantitative estimate of drug-likeness (QED) is 0.805. The number of sulfonamides is 1. The second-order valence-corrected chi connectivity index (χ2v) is 7.83. The number of carbonyl (C=O) groups excluding carboxylic acids is 1. The molecule has 1 fully saturated rings. The van der Waals surface area contributed by atoms with Crippen molar-refractivity contribution in [2.75, 3.05) is 30.2 Å². The van der Waals surface area contributed by atoms with E-state index in [4.69, 9.17) is 4.74 Å². The van der Waals surface area contributed by atoms with E-state index in [1.165, 1.54) is 17.5 Å². The van der Waals surface area contributed by atoms with Crippen LogP contribution < -0.4 is 9.04 Å². The van der Waals surface area contributed by atoms with Crippen LogP contribution in [0, 0.1) is 0 Å². The molecule has 1 aromatic rings. The maximum absolute atomic E-state index is 11.8.